The minimum absolute atomic E-state index is 0.0171. The zero-order chi connectivity index (χ0) is 23.9. The molecule has 2 aromatic carbocycles. The number of aromatic nitrogens is 1. The Bertz CT molecular complexity index is 1290. The fraction of sp³-hybridized carbons (Fsp3) is 0.0952. The van der Waals surface area contributed by atoms with Crippen LogP contribution >= 0.6 is 23.2 Å². The highest BCUT2D eigenvalue weighted by Gasteiger charge is 2.35. The molecule has 0 fully saturated rings. The summed E-state index contributed by atoms with van der Waals surface area (Å²) in [6.07, 6.45) is 1.27. The largest absolute Gasteiger partial charge is 0.340 e. The SMILES string of the molecule is CNC(=O)n1cc(NC(=O)c2cc(F)cc(Cl)c2)c2c1NC(=O)NC2c1cc(F)ccc1Cl. The fourth-order valence-electron chi connectivity index (χ4n) is 3.52. The second-order valence-electron chi connectivity index (χ2n) is 7.04. The highest BCUT2D eigenvalue weighted by molar-refractivity contribution is 6.31. The van der Waals surface area contributed by atoms with Gasteiger partial charge < -0.3 is 16.0 Å². The summed E-state index contributed by atoms with van der Waals surface area (Å²) in [6, 6.07) is 4.60. The summed E-state index contributed by atoms with van der Waals surface area (Å²) in [5, 5.41) is 10.3. The maximum atomic E-state index is 14.0. The van der Waals surface area contributed by atoms with Crippen LogP contribution < -0.4 is 21.3 Å². The van der Waals surface area contributed by atoms with Crippen LogP contribution in [0.3, 0.4) is 0 Å². The number of benzene rings is 2. The van der Waals surface area contributed by atoms with Crippen molar-refractivity contribution in [3.8, 4) is 0 Å². The monoisotopic (exact) mass is 493 g/mol. The van der Waals surface area contributed by atoms with Gasteiger partial charge in [-0.1, -0.05) is 23.2 Å². The fourth-order valence-corrected chi connectivity index (χ4v) is 3.96. The van der Waals surface area contributed by atoms with Gasteiger partial charge in [0.1, 0.15) is 17.5 Å². The van der Waals surface area contributed by atoms with Crippen molar-refractivity contribution >= 4 is 52.7 Å². The number of hydrogen-bond donors (Lipinski definition) is 4. The number of nitrogens with zero attached hydrogens (tertiary/aromatic N) is 1. The van der Waals surface area contributed by atoms with Crippen molar-refractivity contribution in [3.05, 3.63) is 81.0 Å². The number of carbonyl (C=O) groups is 3. The molecule has 1 unspecified atom stereocenters. The number of urea groups is 1. The summed E-state index contributed by atoms with van der Waals surface area (Å²) in [7, 11) is 1.38. The third-order valence-electron chi connectivity index (χ3n) is 4.92. The number of rotatable bonds is 3. The molecule has 4 amide bonds. The topological polar surface area (TPSA) is 104 Å². The predicted octanol–water partition coefficient (Wildman–Crippen LogP) is 4.74. The van der Waals surface area contributed by atoms with Crippen LogP contribution in [0.4, 0.5) is 29.9 Å². The van der Waals surface area contributed by atoms with E-state index in [0.29, 0.717) is 0 Å². The second kappa shape index (κ2) is 8.72. The van der Waals surface area contributed by atoms with Crippen LogP contribution in [0.15, 0.2) is 42.6 Å². The first-order valence-electron chi connectivity index (χ1n) is 9.45. The van der Waals surface area contributed by atoms with E-state index in [1.165, 1.54) is 25.4 Å². The van der Waals surface area contributed by atoms with Crippen molar-refractivity contribution < 1.29 is 23.2 Å². The summed E-state index contributed by atoms with van der Waals surface area (Å²) in [5.41, 5.74) is 0.458. The van der Waals surface area contributed by atoms with Crippen molar-refractivity contribution in [2.75, 3.05) is 17.7 Å². The zero-order valence-corrected chi connectivity index (χ0v) is 18.3. The molecule has 3 aromatic rings. The molecule has 1 atom stereocenters. The predicted molar refractivity (Wildman–Crippen MR) is 119 cm³/mol. The Morgan fingerprint density at radius 3 is 2.55 bits per heavy atom. The lowest BCUT2D eigenvalue weighted by molar-refractivity contribution is 0.102. The lowest BCUT2D eigenvalue weighted by Crippen LogP contribution is -2.40. The Hall–Kier alpha value is -3.63. The third kappa shape index (κ3) is 4.35. The number of amides is 4. The number of hydrogen-bond acceptors (Lipinski definition) is 3. The number of anilines is 2. The normalized spacial score (nSPS) is 14.7. The molecular weight excluding hydrogens is 479 g/mol. The number of fused-ring (bicyclic) bond motifs is 1. The smallest absolute Gasteiger partial charge is 0.326 e. The van der Waals surface area contributed by atoms with Gasteiger partial charge in [-0.2, -0.15) is 0 Å². The molecule has 0 saturated carbocycles. The van der Waals surface area contributed by atoms with Crippen LogP contribution in [0, 0.1) is 11.6 Å². The standard InChI is InChI=1S/C21H15Cl2F2N5O3/c1-26-21(33)30-8-15(27-19(31)9-4-10(22)6-12(25)5-9)16-17(28-20(32)29-18(16)30)13-7-11(24)2-3-14(13)23/h2-8,17H,1H3,(H,26,33)(H,27,31)(H2,28,29,32). The molecule has 0 spiro atoms. The first-order chi connectivity index (χ1) is 15.7. The van der Waals surface area contributed by atoms with Gasteiger partial charge >= 0.3 is 12.1 Å². The van der Waals surface area contributed by atoms with E-state index in [0.717, 1.165) is 28.8 Å². The van der Waals surface area contributed by atoms with E-state index in [1.54, 1.807) is 0 Å². The van der Waals surface area contributed by atoms with E-state index in [-0.39, 0.29) is 38.2 Å². The Morgan fingerprint density at radius 2 is 1.85 bits per heavy atom. The van der Waals surface area contributed by atoms with Crippen LogP contribution in [0.1, 0.15) is 27.5 Å². The molecule has 1 aliphatic heterocycles. The average molecular weight is 494 g/mol. The second-order valence-corrected chi connectivity index (χ2v) is 7.88. The summed E-state index contributed by atoms with van der Waals surface area (Å²) >= 11 is 12.1. The number of carbonyl (C=O) groups excluding carboxylic acids is 3. The summed E-state index contributed by atoms with van der Waals surface area (Å²) in [6.45, 7) is 0. The number of halogens is 4. The Labute approximate surface area is 195 Å². The molecule has 4 rings (SSSR count). The maximum absolute atomic E-state index is 14.0. The van der Waals surface area contributed by atoms with Gasteiger partial charge in [0.25, 0.3) is 5.91 Å². The van der Waals surface area contributed by atoms with Crippen molar-refractivity contribution in [2.24, 2.45) is 0 Å². The molecular formula is C21H15Cl2F2N5O3. The lowest BCUT2D eigenvalue weighted by Gasteiger charge is -2.27. The molecule has 1 aromatic heterocycles. The quantitative estimate of drug-likeness (QED) is 0.423. The van der Waals surface area contributed by atoms with Crippen molar-refractivity contribution in [1.82, 2.24) is 15.2 Å². The van der Waals surface area contributed by atoms with Crippen molar-refractivity contribution in [2.45, 2.75) is 6.04 Å². The highest BCUT2D eigenvalue weighted by atomic mass is 35.5. The van der Waals surface area contributed by atoms with Gasteiger partial charge in [0.15, 0.2) is 0 Å². The molecule has 1 aliphatic rings. The Kier molecular flexibility index (Phi) is 5.96. The molecule has 0 saturated heterocycles. The van der Waals surface area contributed by atoms with E-state index in [9.17, 15) is 23.2 Å². The average Bonchev–Trinajstić information content (AvgIpc) is 3.11. The van der Waals surface area contributed by atoms with Crippen LogP contribution in [-0.2, 0) is 0 Å². The van der Waals surface area contributed by atoms with Crippen LogP contribution in [0.5, 0.6) is 0 Å². The van der Waals surface area contributed by atoms with Crippen LogP contribution in [0.2, 0.25) is 10.0 Å². The summed E-state index contributed by atoms with van der Waals surface area (Å²) in [5.74, 6) is -2.00. The van der Waals surface area contributed by atoms with Crippen LogP contribution in [0.25, 0.3) is 0 Å². The molecule has 33 heavy (non-hydrogen) atoms. The van der Waals surface area contributed by atoms with E-state index >= 15 is 0 Å². The molecule has 2 heterocycles. The maximum Gasteiger partial charge on any atom is 0.326 e. The van der Waals surface area contributed by atoms with E-state index in [1.807, 2.05) is 0 Å². The zero-order valence-electron chi connectivity index (χ0n) is 16.8. The third-order valence-corrected chi connectivity index (χ3v) is 5.48. The highest BCUT2D eigenvalue weighted by Crippen LogP contribution is 2.41. The molecule has 12 heteroatoms. The van der Waals surface area contributed by atoms with Gasteiger partial charge in [-0.15, -0.1) is 0 Å². The van der Waals surface area contributed by atoms with Gasteiger partial charge in [-0.3, -0.25) is 14.7 Å². The Morgan fingerprint density at radius 1 is 1.09 bits per heavy atom. The molecule has 0 radical (unpaired) electrons. The number of nitrogens with one attached hydrogen (secondary N) is 4. The molecule has 8 nitrogen and oxygen atoms in total. The van der Waals surface area contributed by atoms with Crippen molar-refractivity contribution in [1.29, 1.82) is 0 Å². The summed E-state index contributed by atoms with van der Waals surface area (Å²) < 4.78 is 28.8. The van der Waals surface area contributed by atoms with Gasteiger partial charge in [-0.25, -0.2) is 18.4 Å². The minimum atomic E-state index is -1.02. The van der Waals surface area contributed by atoms with E-state index in [2.05, 4.69) is 21.3 Å². The van der Waals surface area contributed by atoms with E-state index in [4.69, 9.17) is 23.2 Å². The first-order valence-corrected chi connectivity index (χ1v) is 10.2. The van der Waals surface area contributed by atoms with Gasteiger partial charge in [-0.05, 0) is 36.4 Å². The molecule has 4 N–H and O–H groups in total. The van der Waals surface area contributed by atoms with Gasteiger partial charge in [0.05, 0.1) is 11.7 Å². The summed E-state index contributed by atoms with van der Waals surface area (Å²) in [4.78, 5) is 37.6. The minimum Gasteiger partial charge on any atom is -0.340 e. The molecule has 170 valence electrons. The molecule has 0 bridgehead atoms. The van der Waals surface area contributed by atoms with E-state index < -0.39 is 35.6 Å². The molecule has 0 aliphatic carbocycles. The van der Waals surface area contributed by atoms with Gasteiger partial charge in [0.2, 0.25) is 0 Å². The van der Waals surface area contributed by atoms with Gasteiger partial charge in [0, 0.05) is 40.0 Å². The first kappa shape index (κ1) is 22.6. The van der Waals surface area contributed by atoms with Crippen LogP contribution in [-0.4, -0.2) is 29.6 Å². The Balaban J connectivity index is 1.86. The lowest BCUT2D eigenvalue weighted by atomic mass is 9.97. The van der Waals surface area contributed by atoms with Crippen molar-refractivity contribution in [3.63, 3.8) is 0 Å².